The maximum atomic E-state index is 13.2. The summed E-state index contributed by atoms with van der Waals surface area (Å²) in [5, 5.41) is 0. The molecule has 178 valence electrons. The number of benzene rings is 1. The molecule has 2 saturated heterocycles. The summed E-state index contributed by atoms with van der Waals surface area (Å²) in [6, 6.07) is 4.57. The molecule has 0 spiro atoms. The van der Waals surface area contributed by atoms with Crippen LogP contribution in [0.2, 0.25) is 0 Å². The Hall–Kier alpha value is -1.88. The van der Waals surface area contributed by atoms with Crippen molar-refractivity contribution >= 4 is 15.9 Å². The van der Waals surface area contributed by atoms with Crippen LogP contribution in [-0.2, 0) is 14.8 Å². The summed E-state index contributed by atoms with van der Waals surface area (Å²) in [6.07, 6.45) is 0.768. The third-order valence-electron chi connectivity index (χ3n) is 6.67. The smallest absolute Gasteiger partial charge is 0.243 e. The first kappa shape index (κ1) is 23.3. The molecule has 0 N–H and O–H groups in total. The Kier molecular flexibility index (Phi) is 7.24. The zero-order valence-corrected chi connectivity index (χ0v) is 19.8. The van der Waals surface area contributed by atoms with Crippen molar-refractivity contribution in [2.45, 2.75) is 31.2 Å². The summed E-state index contributed by atoms with van der Waals surface area (Å²) < 4.78 is 39.2. The summed E-state index contributed by atoms with van der Waals surface area (Å²) in [7, 11) is -3.64. The Morgan fingerprint density at radius 2 is 1.62 bits per heavy atom. The fraction of sp³-hybridized carbons (Fsp3) is 0.682. The van der Waals surface area contributed by atoms with Crippen LogP contribution in [0.25, 0.3) is 0 Å². The van der Waals surface area contributed by atoms with E-state index in [0.717, 1.165) is 39.1 Å². The van der Waals surface area contributed by atoms with E-state index in [2.05, 4.69) is 16.7 Å². The molecule has 0 saturated carbocycles. The molecular weight excluding hydrogens is 432 g/mol. The average Bonchev–Trinajstić information content (AvgIpc) is 3.08. The quantitative estimate of drug-likeness (QED) is 0.632. The summed E-state index contributed by atoms with van der Waals surface area (Å²) in [5.74, 6) is 1.20. The van der Waals surface area contributed by atoms with Gasteiger partial charge in [0.1, 0.15) is 0 Å². The lowest BCUT2D eigenvalue weighted by Crippen LogP contribution is -2.57. The van der Waals surface area contributed by atoms with Gasteiger partial charge in [0.15, 0.2) is 11.5 Å². The number of nitrogens with zero attached hydrogens (tertiary/aromatic N) is 4. The molecule has 4 rings (SSSR count). The molecule has 3 aliphatic heterocycles. The summed E-state index contributed by atoms with van der Waals surface area (Å²) >= 11 is 0. The average molecular weight is 467 g/mol. The zero-order valence-electron chi connectivity index (χ0n) is 19.0. The molecule has 9 nitrogen and oxygen atoms in total. The van der Waals surface area contributed by atoms with E-state index in [1.807, 2.05) is 11.8 Å². The van der Waals surface area contributed by atoms with Crippen molar-refractivity contribution in [2.24, 2.45) is 0 Å². The number of likely N-dealkylation sites (N-methyl/N-ethyl adjacent to an activating group) is 1. The lowest BCUT2D eigenvalue weighted by atomic mass is 10.2. The first-order valence-electron chi connectivity index (χ1n) is 11.5. The van der Waals surface area contributed by atoms with Crippen molar-refractivity contribution < 1.29 is 22.7 Å². The van der Waals surface area contributed by atoms with Crippen molar-refractivity contribution in [3.8, 4) is 11.5 Å². The molecule has 0 radical (unpaired) electrons. The van der Waals surface area contributed by atoms with Gasteiger partial charge in [-0.1, -0.05) is 6.92 Å². The van der Waals surface area contributed by atoms with Crippen molar-refractivity contribution in [3.05, 3.63) is 18.2 Å². The van der Waals surface area contributed by atoms with Crippen molar-refractivity contribution in [2.75, 3.05) is 72.1 Å². The minimum atomic E-state index is -3.64. The Bertz CT molecular complexity index is 909. The fourth-order valence-corrected chi connectivity index (χ4v) is 5.93. The second kappa shape index (κ2) is 9.94. The Morgan fingerprint density at radius 3 is 2.28 bits per heavy atom. The van der Waals surface area contributed by atoms with Gasteiger partial charge in [-0.15, -0.1) is 0 Å². The SMILES string of the molecule is CCN1CCN(C(=O)C(C)N2CCN(S(=O)(=O)c3ccc4c(c3)OCCCO4)CC2)CC1. The molecule has 1 amide bonds. The molecule has 0 aliphatic carbocycles. The van der Waals surface area contributed by atoms with E-state index in [0.29, 0.717) is 50.9 Å². The van der Waals surface area contributed by atoms with Gasteiger partial charge in [0.2, 0.25) is 15.9 Å². The van der Waals surface area contributed by atoms with Gasteiger partial charge in [0, 0.05) is 64.8 Å². The molecular formula is C22H34N4O5S. The number of amides is 1. The highest BCUT2D eigenvalue weighted by Gasteiger charge is 2.34. The van der Waals surface area contributed by atoms with E-state index in [-0.39, 0.29) is 16.8 Å². The van der Waals surface area contributed by atoms with Crippen molar-refractivity contribution in [1.29, 1.82) is 0 Å². The predicted octanol–water partition coefficient (Wildman–Crippen LogP) is 0.707. The second-order valence-electron chi connectivity index (χ2n) is 8.53. The topological polar surface area (TPSA) is 82.6 Å². The van der Waals surface area contributed by atoms with Gasteiger partial charge in [0.05, 0.1) is 24.2 Å². The van der Waals surface area contributed by atoms with Crippen LogP contribution in [0.3, 0.4) is 0 Å². The van der Waals surface area contributed by atoms with Crippen LogP contribution >= 0.6 is 0 Å². The lowest BCUT2D eigenvalue weighted by Gasteiger charge is -2.40. The van der Waals surface area contributed by atoms with Crippen LogP contribution < -0.4 is 9.47 Å². The first-order chi connectivity index (χ1) is 15.4. The molecule has 0 aromatic heterocycles. The van der Waals surface area contributed by atoms with Crippen molar-refractivity contribution in [3.63, 3.8) is 0 Å². The van der Waals surface area contributed by atoms with Crippen LogP contribution in [0.5, 0.6) is 11.5 Å². The minimum Gasteiger partial charge on any atom is -0.490 e. The van der Waals surface area contributed by atoms with Gasteiger partial charge < -0.3 is 19.3 Å². The standard InChI is InChI=1S/C22H34N4O5S/c1-3-23-7-9-25(10-8-23)22(27)18(2)24-11-13-26(14-12-24)32(28,29)19-5-6-20-21(17-19)31-16-4-15-30-20/h5-6,17-18H,3-4,7-16H2,1-2H3. The van der Waals surface area contributed by atoms with E-state index >= 15 is 0 Å². The zero-order chi connectivity index (χ0) is 22.7. The Balaban J connectivity index is 1.35. The lowest BCUT2D eigenvalue weighted by molar-refractivity contribution is -0.138. The summed E-state index contributed by atoms with van der Waals surface area (Å²) in [6.45, 7) is 11.3. The van der Waals surface area contributed by atoms with Gasteiger partial charge in [-0.05, 0) is 25.6 Å². The Morgan fingerprint density at radius 1 is 0.969 bits per heavy atom. The third-order valence-corrected chi connectivity index (χ3v) is 8.56. The van der Waals surface area contributed by atoms with Gasteiger partial charge in [-0.25, -0.2) is 8.42 Å². The highest BCUT2D eigenvalue weighted by molar-refractivity contribution is 7.89. The number of rotatable bonds is 5. The maximum Gasteiger partial charge on any atom is 0.243 e. The summed E-state index contributed by atoms with van der Waals surface area (Å²) in [4.78, 5) is 19.6. The molecule has 2 fully saturated rings. The molecule has 3 heterocycles. The van der Waals surface area contributed by atoms with Gasteiger partial charge >= 0.3 is 0 Å². The molecule has 3 aliphatic rings. The first-order valence-corrected chi connectivity index (χ1v) is 13.0. The molecule has 0 bridgehead atoms. The number of sulfonamides is 1. The third kappa shape index (κ3) is 4.88. The van der Waals surface area contributed by atoms with Crippen LogP contribution in [-0.4, -0.2) is 111 Å². The summed E-state index contributed by atoms with van der Waals surface area (Å²) in [5.41, 5.74) is 0. The van der Waals surface area contributed by atoms with E-state index < -0.39 is 10.0 Å². The van der Waals surface area contributed by atoms with E-state index in [4.69, 9.17) is 9.47 Å². The minimum absolute atomic E-state index is 0.139. The van der Waals surface area contributed by atoms with Gasteiger partial charge in [-0.3, -0.25) is 9.69 Å². The number of hydrogen-bond donors (Lipinski definition) is 0. The van der Waals surface area contributed by atoms with Crippen LogP contribution in [0.15, 0.2) is 23.1 Å². The molecule has 1 aromatic carbocycles. The predicted molar refractivity (Wildman–Crippen MR) is 121 cm³/mol. The number of ether oxygens (including phenoxy) is 2. The van der Waals surface area contributed by atoms with E-state index in [1.54, 1.807) is 18.2 Å². The highest BCUT2D eigenvalue weighted by atomic mass is 32.2. The molecule has 1 atom stereocenters. The van der Waals surface area contributed by atoms with Crippen LogP contribution in [0, 0.1) is 0 Å². The largest absolute Gasteiger partial charge is 0.490 e. The second-order valence-corrected chi connectivity index (χ2v) is 10.5. The molecule has 1 unspecified atom stereocenters. The van der Waals surface area contributed by atoms with Crippen LogP contribution in [0.1, 0.15) is 20.3 Å². The van der Waals surface area contributed by atoms with Gasteiger partial charge in [-0.2, -0.15) is 4.31 Å². The molecule has 1 aromatic rings. The van der Waals surface area contributed by atoms with Crippen molar-refractivity contribution in [1.82, 2.24) is 19.0 Å². The van der Waals surface area contributed by atoms with Gasteiger partial charge in [0.25, 0.3) is 0 Å². The van der Waals surface area contributed by atoms with Crippen LogP contribution in [0.4, 0.5) is 0 Å². The van der Waals surface area contributed by atoms with E-state index in [9.17, 15) is 13.2 Å². The fourth-order valence-electron chi connectivity index (χ4n) is 4.49. The molecule has 32 heavy (non-hydrogen) atoms. The van der Waals surface area contributed by atoms with E-state index in [1.165, 1.54) is 4.31 Å². The monoisotopic (exact) mass is 466 g/mol. The number of fused-ring (bicyclic) bond motifs is 1. The number of carbonyl (C=O) groups excluding carboxylic acids is 1. The Labute approximate surface area is 190 Å². The normalized spacial score (nSPS) is 22.4. The maximum absolute atomic E-state index is 13.2. The number of hydrogen-bond acceptors (Lipinski definition) is 7. The molecule has 10 heteroatoms. The highest BCUT2D eigenvalue weighted by Crippen LogP contribution is 2.33. The number of piperazine rings is 2. The number of carbonyl (C=O) groups is 1.